The van der Waals surface area contributed by atoms with Crippen LogP contribution in [0.4, 0.5) is 0 Å². The summed E-state index contributed by atoms with van der Waals surface area (Å²) < 4.78 is 1.99. The van der Waals surface area contributed by atoms with E-state index in [2.05, 4.69) is 70.9 Å². The van der Waals surface area contributed by atoms with Gasteiger partial charge in [-0.2, -0.15) is 10.3 Å². The molecule has 0 saturated heterocycles. The topological polar surface area (TPSA) is 84.6 Å². The van der Waals surface area contributed by atoms with Gasteiger partial charge >= 0.3 is 0 Å². The Morgan fingerprint density at radius 3 is 2.47 bits per heavy atom. The van der Waals surface area contributed by atoms with Crippen molar-refractivity contribution in [2.45, 2.75) is 40.0 Å². The van der Waals surface area contributed by atoms with Crippen molar-refractivity contribution in [3.8, 4) is 22.5 Å². The van der Waals surface area contributed by atoms with Crippen LogP contribution in [0.1, 0.15) is 41.6 Å². The lowest BCUT2D eigenvalue weighted by molar-refractivity contribution is 0.811. The van der Waals surface area contributed by atoms with Crippen molar-refractivity contribution in [2.75, 3.05) is 0 Å². The first-order chi connectivity index (χ1) is 15.6. The number of benzene rings is 2. The van der Waals surface area contributed by atoms with Crippen LogP contribution in [0.25, 0.3) is 28.2 Å². The van der Waals surface area contributed by atoms with E-state index in [1.54, 1.807) is 0 Å². The van der Waals surface area contributed by atoms with E-state index in [0.717, 1.165) is 58.7 Å². The number of hydrogen-bond donors (Lipinski definition) is 1. The van der Waals surface area contributed by atoms with Crippen LogP contribution in [0.15, 0.2) is 54.6 Å². The van der Waals surface area contributed by atoms with Crippen molar-refractivity contribution >= 4 is 5.65 Å². The van der Waals surface area contributed by atoms with Crippen LogP contribution in [0.3, 0.4) is 0 Å². The van der Waals surface area contributed by atoms with E-state index >= 15 is 0 Å². The average Bonchev–Trinajstić information content (AvgIpc) is 3.44. The first-order valence-corrected chi connectivity index (χ1v) is 10.9. The zero-order valence-electron chi connectivity index (χ0n) is 18.5. The summed E-state index contributed by atoms with van der Waals surface area (Å²) in [6, 6.07) is 18.9. The van der Waals surface area contributed by atoms with Gasteiger partial charge in [0, 0.05) is 28.9 Å². The number of H-pyrrole nitrogens is 1. The standard InChI is InChI=1S/C25H25N7/c1-4-7-23-22(25-26-16(2)14-17(3)32(25)29-23)15-18-10-12-19(13-11-18)20-8-5-6-9-21(20)24-27-30-31-28-24/h5-6,8-14H,4,7,15H2,1-3H3,(H,27,28,30,31). The van der Waals surface area contributed by atoms with Crippen LogP contribution < -0.4 is 0 Å². The van der Waals surface area contributed by atoms with Crippen molar-refractivity contribution in [3.05, 3.63) is 82.8 Å². The van der Waals surface area contributed by atoms with E-state index in [4.69, 9.17) is 10.1 Å². The molecule has 0 spiro atoms. The van der Waals surface area contributed by atoms with Crippen LogP contribution in [0.2, 0.25) is 0 Å². The van der Waals surface area contributed by atoms with Gasteiger partial charge in [-0.25, -0.2) is 9.50 Å². The summed E-state index contributed by atoms with van der Waals surface area (Å²) >= 11 is 0. The molecule has 0 radical (unpaired) electrons. The minimum atomic E-state index is 0.594. The molecule has 0 aliphatic carbocycles. The molecule has 3 aromatic heterocycles. The third-order valence-electron chi connectivity index (χ3n) is 5.72. The Kier molecular flexibility index (Phi) is 5.23. The Morgan fingerprint density at radius 1 is 0.969 bits per heavy atom. The predicted molar refractivity (Wildman–Crippen MR) is 124 cm³/mol. The second-order valence-electron chi connectivity index (χ2n) is 8.10. The van der Waals surface area contributed by atoms with Crippen molar-refractivity contribution < 1.29 is 0 Å². The van der Waals surface area contributed by atoms with E-state index < -0.39 is 0 Å². The van der Waals surface area contributed by atoms with Gasteiger partial charge in [0.05, 0.1) is 5.69 Å². The van der Waals surface area contributed by atoms with Gasteiger partial charge in [0.1, 0.15) is 0 Å². The van der Waals surface area contributed by atoms with E-state index in [1.165, 1.54) is 11.1 Å². The molecule has 7 nitrogen and oxygen atoms in total. The Hall–Kier alpha value is -3.87. The number of rotatable bonds is 6. The quantitative estimate of drug-likeness (QED) is 0.426. The zero-order valence-corrected chi connectivity index (χ0v) is 18.5. The fourth-order valence-corrected chi connectivity index (χ4v) is 4.24. The molecule has 0 saturated carbocycles. The van der Waals surface area contributed by atoms with Gasteiger partial charge in [-0.1, -0.05) is 61.9 Å². The average molecular weight is 424 g/mol. The largest absolute Gasteiger partial charge is 0.234 e. The number of aromatic nitrogens is 7. The molecule has 2 aromatic carbocycles. The predicted octanol–water partition coefficient (Wildman–Crippen LogP) is 4.74. The molecule has 0 fully saturated rings. The van der Waals surface area contributed by atoms with Crippen molar-refractivity contribution in [1.82, 2.24) is 35.2 Å². The van der Waals surface area contributed by atoms with Crippen LogP contribution >= 0.6 is 0 Å². The molecule has 0 amide bonds. The van der Waals surface area contributed by atoms with E-state index in [9.17, 15) is 0 Å². The maximum atomic E-state index is 4.88. The van der Waals surface area contributed by atoms with Crippen LogP contribution in [-0.2, 0) is 12.8 Å². The summed E-state index contributed by atoms with van der Waals surface area (Å²) in [6.45, 7) is 6.32. The molecule has 0 aliphatic rings. The lowest BCUT2D eigenvalue weighted by Crippen LogP contribution is -1.98. The lowest BCUT2D eigenvalue weighted by Gasteiger charge is -2.09. The number of hydrogen-bond acceptors (Lipinski definition) is 5. The van der Waals surface area contributed by atoms with E-state index in [0.29, 0.717) is 5.82 Å². The highest BCUT2D eigenvalue weighted by molar-refractivity contribution is 5.80. The highest BCUT2D eigenvalue weighted by atomic mass is 15.5. The second kappa shape index (κ2) is 8.34. The molecule has 0 unspecified atom stereocenters. The van der Waals surface area contributed by atoms with Gasteiger partial charge in [-0.15, -0.1) is 10.2 Å². The number of aromatic amines is 1. The SMILES string of the molecule is CCCc1nn2c(C)cc(C)nc2c1Cc1ccc(-c2ccccc2-c2nn[nH]n2)cc1. The fraction of sp³-hybridized carbons (Fsp3) is 0.240. The molecule has 3 heterocycles. The van der Waals surface area contributed by atoms with Crippen molar-refractivity contribution in [1.29, 1.82) is 0 Å². The van der Waals surface area contributed by atoms with Crippen LogP contribution in [0, 0.1) is 13.8 Å². The van der Waals surface area contributed by atoms with Gasteiger partial charge in [0.25, 0.3) is 0 Å². The summed E-state index contributed by atoms with van der Waals surface area (Å²) in [5.41, 5.74) is 9.85. The molecule has 32 heavy (non-hydrogen) atoms. The summed E-state index contributed by atoms with van der Waals surface area (Å²) in [6.07, 6.45) is 2.82. The normalized spacial score (nSPS) is 11.3. The summed E-state index contributed by atoms with van der Waals surface area (Å²) in [7, 11) is 0. The number of nitrogens with zero attached hydrogens (tertiary/aromatic N) is 6. The van der Waals surface area contributed by atoms with E-state index in [1.807, 2.05) is 29.6 Å². The lowest BCUT2D eigenvalue weighted by atomic mass is 9.96. The monoisotopic (exact) mass is 423 g/mol. The fourth-order valence-electron chi connectivity index (χ4n) is 4.24. The number of tetrazole rings is 1. The van der Waals surface area contributed by atoms with Crippen LogP contribution in [0.5, 0.6) is 0 Å². The van der Waals surface area contributed by atoms with E-state index in [-0.39, 0.29) is 0 Å². The molecule has 5 rings (SSSR count). The summed E-state index contributed by atoms with van der Waals surface area (Å²) in [5, 5.41) is 19.4. The molecular formula is C25H25N7. The Labute approximate surface area is 186 Å². The van der Waals surface area contributed by atoms with Crippen molar-refractivity contribution in [2.24, 2.45) is 0 Å². The molecule has 0 bridgehead atoms. The Bertz CT molecular complexity index is 1370. The zero-order chi connectivity index (χ0) is 22.1. The maximum absolute atomic E-state index is 4.88. The molecule has 0 aliphatic heterocycles. The first-order valence-electron chi connectivity index (χ1n) is 10.9. The number of nitrogens with one attached hydrogen (secondary N) is 1. The smallest absolute Gasteiger partial charge is 0.205 e. The number of aryl methyl sites for hydroxylation is 3. The Morgan fingerprint density at radius 2 is 1.75 bits per heavy atom. The molecule has 1 N–H and O–H groups in total. The summed E-state index contributed by atoms with van der Waals surface area (Å²) in [5.74, 6) is 0.594. The van der Waals surface area contributed by atoms with Crippen LogP contribution in [-0.4, -0.2) is 35.2 Å². The summed E-state index contributed by atoms with van der Waals surface area (Å²) in [4.78, 5) is 4.82. The van der Waals surface area contributed by atoms with Gasteiger partial charge < -0.3 is 0 Å². The molecule has 7 heteroatoms. The molecule has 5 aromatic rings. The van der Waals surface area contributed by atoms with Gasteiger partial charge in [0.2, 0.25) is 5.82 Å². The Balaban J connectivity index is 1.51. The first kappa shape index (κ1) is 20.1. The third kappa shape index (κ3) is 3.66. The molecule has 160 valence electrons. The maximum Gasteiger partial charge on any atom is 0.205 e. The second-order valence-corrected chi connectivity index (χ2v) is 8.10. The minimum Gasteiger partial charge on any atom is -0.234 e. The van der Waals surface area contributed by atoms with Gasteiger partial charge in [-0.3, -0.25) is 0 Å². The minimum absolute atomic E-state index is 0.594. The van der Waals surface area contributed by atoms with Gasteiger partial charge in [0.15, 0.2) is 5.65 Å². The molecular weight excluding hydrogens is 398 g/mol. The van der Waals surface area contributed by atoms with Gasteiger partial charge in [-0.05, 0) is 48.2 Å². The van der Waals surface area contributed by atoms with Crippen molar-refractivity contribution in [3.63, 3.8) is 0 Å². The number of fused-ring (bicyclic) bond motifs is 1. The third-order valence-corrected chi connectivity index (χ3v) is 5.72. The highest BCUT2D eigenvalue weighted by Gasteiger charge is 2.16. The highest BCUT2D eigenvalue weighted by Crippen LogP contribution is 2.30. The molecule has 0 atom stereocenters.